The third-order valence-electron chi connectivity index (χ3n) is 3.43. The third kappa shape index (κ3) is 3.71. The van der Waals surface area contributed by atoms with Crippen LogP contribution in [0.25, 0.3) is 0 Å². The fourth-order valence-corrected chi connectivity index (χ4v) is 2.44. The third-order valence-corrected chi connectivity index (χ3v) is 3.43. The number of rotatable bonds is 4. The van der Waals surface area contributed by atoms with Gasteiger partial charge in [0.15, 0.2) is 0 Å². The van der Waals surface area contributed by atoms with E-state index >= 15 is 0 Å². The Hall–Kier alpha value is -0.760. The normalized spacial score (nSPS) is 22.3. The lowest BCUT2D eigenvalue weighted by Gasteiger charge is -2.22. The molecule has 2 aliphatic rings. The quantitative estimate of drug-likeness (QED) is 0.737. The summed E-state index contributed by atoms with van der Waals surface area (Å²) in [6.45, 7) is 3.48. The molecule has 0 saturated carbocycles. The van der Waals surface area contributed by atoms with Crippen LogP contribution in [0.1, 0.15) is 32.1 Å². The van der Waals surface area contributed by atoms with Gasteiger partial charge in [-0.15, -0.1) is 0 Å². The number of nitrogens with one attached hydrogen (secondary N) is 2. The van der Waals surface area contributed by atoms with Crippen molar-refractivity contribution in [2.75, 3.05) is 19.6 Å². The first-order valence-corrected chi connectivity index (χ1v) is 6.25. The number of allylic oxidation sites excluding steroid dienone is 2. The Bertz CT molecular complexity index is 237. The lowest BCUT2D eigenvalue weighted by atomic mass is 9.91. The molecule has 84 valence electrons. The summed E-state index contributed by atoms with van der Waals surface area (Å²) in [5.41, 5.74) is 1.52. The average molecular weight is 206 g/mol. The number of piperidine rings is 1. The highest BCUT2D eigenvalue weighted by Gasteiger charge is 2.12. The Labute approximate surface area is 92.8 Å². The first-order valence-electron chi connectivity index (χ1n) is 6.25. The second kappa shape index (κ2) is 5.96. The van der Waals surface area contributed by atoms with Crippen LogP contribution in [0, 0.1) is 5.92 Å². The fourth-order valence-electron chi connectivity index (χ4n) is 2.44. The van der Waals surface area contributed by atoms with Crippen molar-refractivity contribution in [2.45, 2.75) is 32.1 Å². The molecule has 15 heavy (non-hydrogen) atoms. The molecule has 2 N–H and O–H groups in total. The van der Waals surface area contributed by atoms with E-state index in [2.05, 4.69) is 29.0 Å². The van der Waals surface area contributed by atoms with Crippen LogP contribution in [-0.4, -0.2) is 19.6 Å². The maximum atomic E-state index is 3.42. The minimum Gasteiger partial charge on any atom is -0.387 e. The minimum atomic E-state index is 0.984. The van der Waals surface area contributed by atoms with Gasteiger partial charge in [0, 0.05) is 6.54 Å². The van der Waals surface area contributed by atoms with E-state index in [0.717, 1.165) is 12.5 Å². The van der Waals surface area contributed by atoms with E-state index in [1.54, 1.807) is 0 Å². The molecule has 0 aromatic heterocycles. The molecule has 0 aromatic carbocycles. The molecule has 1 saturated heterocycles. The molecule has 2 heteroatoms. The van der Waals surface area contributed by atoms with Crippen LogP contribution >= 0.6 is 0 Å². The van der Waals surface area contributed by atoms with Crippen molar-refractivity contribution in [3.63, 3.8) is 0 Å². The predicted octanol–water partition coefficient (Wildman–Crippen LogP) is 2.20. The van der Waals surface area contributed by atoms with Crippen LogP contribution in [0.2, 0.25) is 0 Å². The zero-order valence-corrected chi connectivity index (χ0v) is 9.47. The summed E-state index contributed by atoms with van der Waals surface area (Å²) in [6.07, 6.45) is 13.4. The smallest absolute Gasteiger partial charge is 0.0330 e. The van der Waals surface area contributed by atoms with Crippen molar-refractivity contribution < 1.29 is 0 Å². The summed E-state index contributed by atoms with van der Waals surface area (Å²) in [5, 5.41) is 6.61. The second-order valence-electron chi connectivity index (χ2n) is 4.61. The maximum absolute atomic E-state index is 3.42. The van der Waals surface area contributed by atoms with Gasteiger partial charge in [0.2, 0.25) is 0 Å². The van der Waals surface area contributed by atoms with Gasteiger partial charge in [-0.2, -0.15) is 0 Å². The summed E-state index contributed by atoms with van der Waals surface area (Å²) in [4.78, 5) is 0. The van der Waals surface area contributed by atoms with E-state index < -0.39 is 0 Å². The van der Waals surface area contributed by atoms with Gasteiger partial charge in [-0.25, -0.2) is 0 Å². The summed E-state index contributed by atoms with van der Waals surface area (Å²) >= 11 is 0. The monoisotopic (exact) mass is 206 g/mol. The summed E-state index contributed by atoms with van der Waals surface area (Å²) in [7, 11) is 0. The van der Waals surface area contributed by atoms with Crippen LogP contribution in [0.3, 0.4) is 0 Å². The van der Waals surface area contributed by atoms with Crippen LogP contribution in [-0.2, 0) is 0 Å². The Kier molecular flexibility index (Phi) is 4.27. The van der Waals surface area contributed by atoms with E-state index in [1.165, 1.54) is 50.8 Å². The molecule has 0 radical (unpaired) electrons. The zero-order chi connectivity index (χ0) is 10.3. The SMILES string of the molecule is C1=CC(CCCC2CCNCC2)=CCN1. The van der Waals surface area contributed by atoms with Crippen LogP contribution in [0.4, 0.5) is 0 Å². The first-order chi connectivity index (χ1) is 7.45. The van der Waals surface area contributed by atoms with Gasteiger partial charge in [-0.3, -0.25) is 0 Å². The molecule has 2 aliphatic heterocycles. The molecule has 1 fully saturated rings. The molecule has 0 aliphatic carbocycles. The van der Waals surface area contributed by atoms with Crippen LogP contribution < -0.4 is 10.6 Å². The first kappa shape index (κ1) is 10.7. The molecule has 2 nitrogen and oxygen atoms in total. The molecule has 0 bridgehead atoms. The standard InChI is InChI=1S/C13H22N2/c1(2-12-4-8-14-9-5-12)3-13-6-10-15-11-7-13/h4-5,8,13-15H,1-3,6-7,9-11H2. The molecule has 0 atom stereocenters. The Morgan fingerprint density at radius 2 is 2.13 bits per heavy atom. The maximum Gasteiger partial charge on any atom is 0.0330 e. The van der Waals surface area contributed by atoms with Crippen molar-refractivity contribution in [3.05, 3.63) is 23.9 Å². The zero-order valence-electron chi connectivity index (χ0n) is 9.47. The summed E-state index contributed by atoms with van der Waals surface area (Å²) in [5.74, 6) is 0.984. The minimum absolute atomic E-state index is 0.984. The van der Waals surface area contributed by atoms with Crippen molar-refractivity contribution in [2.24, 2.45) is 5.92 Å². The van der Waals surface area contributed by atoms with Crippen molar-refractivity contribution in [3.8, 4) is 0 Å². The largest absolute Gasteiger partial charge is 0.387 e. The van der Waals surface area contributed by atoms with E-state index in [9.17, 15) is 0 Å². The van der Waals surface area contributed by atoms with E-state index in [-0.39, 0.29) is 0 Å². The van der Waals surface area contributed by atoms with Crippen molar-refractivity contribution >= 4 is 0 Å². The lowest BCUT2D eigenvalue weighted by Crippen LogP contribution is -2.27. The van der Waals surface area contributed by atoms with Gasteiger partial charge in [0.25, 0.3) is 0 Å². The van der Waals surface area contributed by atoms with Gasteiger partial charge < -0.3 is 10.6 Å². The highest BCUT2D eigenvalue weighted by Crippen LogP contribution is 2.20. The van der Waals surface area contributed by atoms with Crippen LogP contribution in [0.5, 0.6) is 0 Å². The number of dihydropyridines is 1. The van der Waals surface area contributed by atoms with Gasteiger partial charge in [0.1, 0.15) is 0 Å². The van der Waals surface area contributed by atoms with Gasteiger partial charge in [0.05, 0.1) is 0 Å². The molecular weight excluding hydrogens is 184 g/mol. The molecule has 0 aromatic rings. The topological polar surface area (TPSA) is 24.1 Å². The Balaban J connectivity index is 1.61. The number of hydrogen-bond donors (Lipinski definition) is 2. The number of hydrogen-bond acceptors (Lipinski definition) is 2. The molecule has 0 unspecified atom stereocenters. The summed E-state index contributed by atoms with van der Waals surface area (Å²) in [6, 6.07) is 0. The van der Waals surface area contributed by atoms with Gasteiger partial charge >= 0.3 is 0 Å². The van der Waals surface area contributed by atoms with E-state index in [0.29, 0.717) is 0 Å². The highest BCUT2D eigenvalue weighted by molar-refractivity contribution is 5.21. The van der Waals surface area contributed by atoms with E-state index in [4.69, 9.17) is 0 Å². The summed E-state index contributed by atoms with van der Waals surface area (Å²) < 4.78 is 0. The molecular formula is C13H22N2. The second-order valence-corrected chi connectivity index (χ2v) is 4.61. The molecule has 0 spiro atoms. The highest BCUT2D eigenvalue weighted by atomic mass is 14.9. The fraction of sp³-hybridized carbons (Fsp3) is 0.692. The van der Waals surface area contributed by atoms with E-state index in [1.807, 2.05) is 0 Å². The van der Waals surface area contributed by atoms with Gasteiger partial charge in [-0.05, 0) is 62.5 Å². The lowest BCUT2D eigenvalue weighted by molar-refractivity contribution is 0.347. The van der Waals surface area contributed by atoms with Crippen molar-refractivity contribution in [1.82, 2.24) is 10.6 Å². The molecule has 2 rings (SSSR count). The Morgan fingerprint density at radius 3 is 2.87 bits per heavy atom. The molecule has 0 amide bonds. The Morgan fingerprint density at radius 1 is 1.27 bits per heavy atom. The average Bonchev–Trinajstić information content (AvgIpc) is 2.32. The van der Waals surface area contributed by atoms with Crippen molar-refractivity contribution in [1.29, 1.82) is 0 Å². The van der Waals surface area contributed by atoms with Gasteiger partial charge in [-0.1, -0.05) is 12.5 Å². The van der Waals surface area contributed by atoms with Crippen LogP contribution in [0.15, 0.2) is 23.9 Å². The predicted molar refractivity (Wildman–Crippen MR) is 64.7 cm³/mol. The molecule has 2 heterocycles.